The Morgan fingerprint density at radius 3 is 2.36 bits per heavy atom. The molecule has 6 rings (SSSR count). The monoisotopic (exact) mass is 334 g/mol. The van der Waals surface area contributed by atoms with Crippen LogP contribution in [0.1, 0.15) is 31.2 Å². The molecule has 5 heteroatoms. The summed E-state index contributed by atoms with van der Waals surface area (Å²) in [5, 5.41) is 4.44. The normalized spacial score (nSPS) is 28.6. The highest BCUT2D eigenvalue weighted by molar-refractivity contribution is 5.40. The number of hydrogen-bond donors (Lipinski definition) is 0. The van der Waals surface area contributed by atoms with Gasteiger partial charge in [-0.3, -0.25) is 0 Å². The number of fused-ring (bicyclic) bond motifs is 5. The van der Waals surface area contributed by atoms with Gasteiger partial charge < -0.3 is 0 Å². The fourth-order valence-electron chi connectivity index (χ4n) is 4.34. The summed E-state index contributed by atoms with van der Waals surface area (Å²) in [6.45, 7) is 1.59. The van der Waals surface area contributed by atoms with Crippen molar-refractivity contribution in [3.63, 3.8) is 0 Å². The summed E-state index contributed by atoms with van der Waals surface area (Å²) >= 11 is 0. The lowest BCUT2D eigenvalue weighted by Crippen LogP contribution is -2.67. The van der Waals surface area contributed by atoms with Crippen molar-refractivity contribution in [3.05, 3.63) is 76.9 Å². The highest BCUT2D eigenvalue weighted by atomic mass is 17.1. The molecule has 2 saturated heterocycles. The minimum absolute atomic E-state index is 0.0438. The van der Waals surface area contributed by atoms with Crippen LogP contribution in [0, 0.1) is 0 Å². The molecule has 2 fully saturated rings. The van der Waals surface area contributed by atoms with Crippen LogP contribution in [-0.2, 0) is 11.4 Å². The Bertz CT molecular complexity index is 898. The van der Waals surface area contributed by atoms with Gasteiger partial charge in [0.25, 0.3) is 0 Å². The lowest BCUT2D eigenvalue weighted by atomic mass is 10.0. The van der Waals surface area contributed by atoms with Gasteiger partial charge in [0, 0.05) is 11.1 Å². The van der Waals surface area contributed by atoms with E-state index in [-0.39, 0.29) is 5.03 Å². The van der Waals surface area contributed by atoms with E-state index in [1.54, 1.807) is 0 Å². The maximum absolute atomic E-state index is 6.53. The van der Waals surface area contributed by atoms with Crippen LogP contribution in [0.15, 0.2) is 71.3 Å². The lowest BCUT2D eigenvalue weighted by Gasteiger charge is -2.44. The van der Waals surface area contributed by atoms with Gasteiger partial charge in [0.1, 0.15) is 24.5 Å². The molecule has 0 radical (unpaired) electrons. The van der Waals surface area contributed by atoms with E-state index in [0.29, 0.717) is 0 Å². The maximum atomic E-state index is 6.53. The molecule has 1 spiro atoms. The van der Waals surface area contributed by atoms with Crippen LogP contribution in [0.5, 0.6) is 5.75 Å². The van der Waals surface area contributed by atoms with Gasteiger partial charge in [-0.25, -0.2) is 9.68 Å². The molecule has 0 amide bonds. The molecule has 5 nitrogen and oxygen atoms in total. The topological polar surface area (TPSA) is 24.9 Å². The second-order valence-electron chi connectivity index (χ2n) is 7.03. The molecule has 1 aromatic rings. The SMILES string of the molecule is C1=C2CN3C4=CCCC=C4N4Cc5ccccc5O[N+]34OC2=CCC1. The van der Waals surface area contributed by atoms with E-state index in [9.17, 15) is 0 Å². The molecule has 2 aliphatic carbocycles. The standard InChI is InChI=1S/C20H20N3O2/c1-5-11-19-15(7-1)13-21-17-9-3-4-10-18(17)22-14-16-8-2-6-12-20(16)25-23(21,22)24-19/h1,5,7-12H,2-4,6,13-14H2/q+1. The van der Waals surface area contributed by atoms with Crippen LogP contribution in [0.25, 0.3) is 0 Å². The third-order valence-corrected chi connectivity index (χ3v) is 5.52. The Balaban J connectivity index is 1.55. The van der Waals surface area contributed by atoms with E-state index >= 15 is 0 Å². The Labute approximate surface area is 146 Å². The van der Waals surface area contributed by atoms with Crippen molar-refractivity contribution in [2.45, 2.75) is 32.2 Å². The van der Waals surface area contributed by atoms with E-state index in [0.717, 1.165) is 50.3 Å². The number of rotatable bonds is 0. The first-order chi connectivity index (χ1) is 12.4. The summed E-state index contributed by atoms with van der Waals surface area (Å²) < 4.78 is 0. The molecule has 3 aliphatic heterocycles. The summed E-state index contributed by atoms with van der Waals surface area (Å²) in [7, 11) is 0. The van der Waals surface area contributed by atoms with Crippen LogP contribution in [0.4, 0.5) is 0 Å². The van der Waals surface area contributed by atoms with Crippen LogP contribution in [-0.4, -0.2) is 21.6 Å². The molecule has 0 N–H and O–H groups in total. The fraction of sp³-hybridized carbons (Fsp3) is 0.300. The van der Waals surface area contributed by atoms with Gasteiger partial charge >= 0.3 is 0 Å². The molecule has 0 bridgehead atoms. The van der Waals surface area contributed by atoms with Gasteiger partial charge in [-0.05, 0) is 37.8 Å². The van der Waals surface area contributed by atoms with Gasteiger partial charge in [0.2, 0.25) is 16.5 Å². The zero-order valence-electron chi connectivity index (χ0n) is 14.0. The Morgan fingerprint density at radius 1 is 0.760 bits per heavy atom. The van der Waals surface area contributed by atoms with Crippen molar-refractivity contribution >= 4 is 0 Å². The predicted molar refractivity (Wildman–Crippen MR) is 91.5 cm³/mol. The van der Waals surface area contributed by atoms with Gasteiger partial charge in [-0.2, -0.15) is 0 Å². The third kappa shape index (κ3) is 1.71. The molecule has 1 unspecified atom stereocenters. The highest BCUT2D eigenvalue weighted by Crippen LogP contribution is 2.50. The zero-order chi connectivity index (χ0) is 16.4. The van der Waals surface area contributed by atoms with E-state index in [1.807, 2.05) is 12.1 Å². The van der Waals surface area contributed by atoms with Gasteiger partial charge in [0.15, 0.2) is 0 Å². The smallest absolute Gasteiger partial charge is 0.214 e. The molecule has 3 heterocycles. The third-order valence-electron chi connectivity index (χ3n) is 5.52. The van der Waals surface area contributed by atoms with E-state index in [1.165, 1.54) is 22.5 Å². The van der Waals surface area contributed by atoms with Crippen molar-refractivity contribution in [2.24, 2.45) is 0 Å². The highest BCUT2D eigenvalue weighted by Gasteiger charge is 2.65. The lowest BCUT2D eigenvalue weighted by molar-refractivity contribution is -1.35. The van der Waals surface area contributed by atoms with E-state index in [4.69, 9.17) is 9.68 Å². The second-order valence-corrected chi connectivity index (χ2v) is 7.03. The van der Waals surface area contributed by atoms with Crippen LogP contribution >= 0.6 is 0 Å². The molecule has 1 atom stereocenters. The maximum Gasteiger partial charge on any atom is 0.241 e. The van der Waals surface area contributed by atoms with Crippen LogP contribution < -0.4 is 4.84 Å². The van der Waals surface area contributed by atoms with Gasteiger partial charge in [-0.15, -0.1) is 10.0 Å². The number of quaternary nitrogens is 1. The molecule has 25 heavy (non-hydrogen) atoms. The van der Waals surface area contributed by atoms with Crippen LogP contribution in [0.3, 0.4) is 0 Å². The average molecular weight is 334 g/mol. The largest absolute Gasteiger partial charge is 0.241 e. The van der Waals surface area contributed by atoms with Crippen molar-refractivity contribution in [1.82, 2.24) is 10.0 Å². The van der Waals surface area contributed by atoms with Crippen molar-refractivity contribution in [3.8, 4) is 5.75 Å². The quantitative estimate of drug-likeness (QED) is 0.673. The van der Waals surface area contributed by atoms with Crippen molar-refractivity contribution in [1.29, 1.82) is 0 Å². The summed E-state index contributed by atoms with van der Waals surface area (Å²) in [4.78, 5) is 13.0. The van der Waals surface area contributed by atoms with Crippen molar-refractivity contribution in [2.75, 3.05) is 6.54 Å². The fourth-order valence-corrected chi connectivity index (χ4v) is 4.34. The first kappa shape index (κ1) is 13.6. The molecule has 0 aromatic heterocycles. The number of nitrogens with zero attached hydrogens (tertiary/aromatic N) is 3. The Kier molecular flexibility index (Phi) is 2.56. The molecular weight excluding hydrogens is 314 g/mol. The van der Waals surface area contributed by atoms with E-state index < -0.39 is 0 Å². The summed E-state index contributed by atoms with van der Waals surface area (Å²) in [5.74, 6) is 1.86. The molecule has 126 valence electrons. The van der Waals surface area contributed by atoms with Gasteiger partial charge in [0.05, 0.1) is 0 Å². The zero-order valence-corrected chi connectivity index (χ0v) is 14.0. The number of hydrogen-bond acceptors (Lipinski definition) is 4. The Morgan fingerprint density at radius 2 is 1.48 bits per heavy atom. The van der Waals surface area contributed by atoms with Crippen molar-refractivity contribution < 1.29 is 14.7 Å². The van der Waals surface area contributed by atoms with E-state index in [2.05, 4.69) is 46.5 Å². The van der Waals surface area contributed by atoms with Gasteiger partial charge in [-0.1, -0.05) is 36.4 Å². The first-order valence-electron chi connectivity index (χ1n) is 9.08. The molecule has 1 aromatic carbocycles. The summed E-state index contributed by atoms with van der Waals surface area (Å²) in [5.41, 5.74) is 4.91. The summed E-state index contributed by atoms with van der Waals surface area (Å²) in [6.07, 6.45) is 13.4. The first-order valence-corrected chi connectivity index (χ1v) is 9.08. The second kappa shape index (κ2) is 4.70. The minimum atomic E-state index is -0.0438. The number of benzene rings is 1. The molecule has 5 aliphatic rings. The van der Waals surface area contributed by atoms with Crippen LogP contribution in [0.2, 0.25) is 0 Å². The Hall–Kier alpha value is -2.66. The summed E-state index contributed by atoms with van der Waals surface area (Å²) in [6, 6.07) is 8.26. The average Bonchev–Trinajstić information content (AvgIpc) is 2.93. The molecule has 0 saturated carbocycles. The molecular formula is C20H20N3O2+. The predicted octanol–water partition coefficient (Wildman–Crippen LogP) is 3.87. The minimum Gasteiger partial charge on any atom is -0.214 e. The number of allylic oxidation sites excluding steroid dienone is 4. The number of para-hydroxylation sites is 1.